The van der Waals surface area contributed by atoms with Crippen LogP contribution >= 0.6 is 0 Å². The van der Waals surface area contributed by atoms with Gasteiger partial charge in [0, 0.05) is 12.8 Å². The van der Waals surface area contributed by atoms with Crippen LogP contribution in [-0.2, 0) is 4.79 Å². The predicted molar refractivity (Wildman–Crippen MR) is 102 cm³/mol. The number of para-hydroxylation sites is 1. The lowest BCUT2D eigenvalue weighted by Gasteiger charge is -2.23. The van der Waals surface area contributed by atoms with Gasteiger partial charge in [0.05, 0.1) is 11.4 Å². The SMILES string of the molecule is O=C1CCC(c2ccc(-c3ccccc3)cc2)=NN1c1ccccc1. The van der Waals surface area contributed by atoms with Crippen LogP contribution < -0.4 is 5.01 Å². The molecule has 0 fully saturated rings. The average Bonchev–Trinajstić information content (AvgIpc) is 2.70. The van der Waals surface area contributed by atoms with Gasteiger partial charge < -0.3 is 0 Å². The van der Waals surface area contributed by atoms with Gasteiger partial charge in [-0.15, -0.1) is 0 Å². The van der Waals surface area contributed by atoms with E-state index < -0.39 is 0 Å². The third-order valence-corrected chi connectivity index (χ3v) is 4.36. The highest BCUT2D eigenvalue weighted by molar-refractivity contribution is 6.08. The second-order valence-corrected chi connectivity index (χ2v) is 6.03. The summed E-state index contributed by atoms with van der Waals surface area (Å²) in [5.74, 6) is 0.0378. The third-order valence-electron chi connectivity index (χ3n) is 4.36. The van der Waals surface area contributed by atoms with Gasteiger partial charge in [0.2, 0.25) is 5.91 Å². The second-order valence-electron chi connectivity index (χ2n) is 6.03. The molecule has 0 spiro atoms. The highest BCUT2D eigenvalue weighted by Crippen LogP contribution is 2.24. The summed E-state index contributed by atoms with van der Waals surface area (Å²) in [6.07, 6.45) is 1.15. The molecule has 0 bridgehead atoms. The van der Waals surface area contributed by atoms with Crippen molar-refractivity contribution in [2.45, 2.75) is 12.8 Å². The van der Waals surface area contributed by atoms with Crippen molar-refractivity contribution in [3.05, 3.63) is 90.5 Å². The molecule has 3 aromatic carbocycles. The number of benzene rings is 3. The molecule has 0 saturated carbocycles. The standard InChI is InChI=1S/C22H18N2O/c25-22-16-15-21(23-24(22)20-9-5-2-6-10-20)19-13-11-18(12-14-19)17-7-3-1-4-8-17/h1-14H,15-16H2. The molecular formula is C22H18N2O. The van der Waals surface area contributed by atoms with Crippen LogP contribution in [0.3, 0.4) is 0 Å². The van der Waals surface area contributed by atoms with Crippen LogP contribution in [0.1, 0.15) is 18.4 Å². The summed E-state index contributed by atoms with van der Waals surface area (Å²) in [5, 5.41) is 6.12. The van der Waals surface area contributed by atoms with Crippen LogP contribution in [0.5, 0.6) is 0 Å². The molecule has 0 atom stereocenters. The fraction of sp³-hybridized carbons (Fsp3) is 0.0909. The first-order valence-electron chi connectivity index (χ1n) is 8.42. The largest absolute Gasteiger partial charge is 0.273 e. The molecule has 1 amide bonds. The Morgan fingerprint density at radius 3 is 1.88 bits per heavy atom. The summed E-state index contributed by atoms with van der Waals surface area (Å²) < 4.78 is 0. The molecule has 0 saturated heterocycles. The first kappa shape index (κ1) is 15.3. The fourth-order valence-electron chi connectivity index (χ4n) is 3.02. The van der Waals surface area contributed by atoms with Crippen molar-refractivity contribution in [3.63, 3.8) is 0 Å². The predicted octanol–water partition coefficient (Wildman–Crippen LogP) is 4.88. The van der Waals surface area contributed by atoms with Crippen molar-refractivity contribution in [1.82, 2.24) is 0 Å². The number of carbonyl (C=O) groups excluding carboxylic acids is 1. The molecule has 25 heavy (non-hydrogen) atoms. The Morgan fingerprint density at radius 1 is 0.640 bits per heavy atom. The maximum absolute atomic E-state index is 12.2. The monoisotopic (exact) mass is 326 g/mol. The lowest BCUT2D eigenvalue weighted by molar-refractivity contribution is -0.118. The summed E-state index contributed by atoms with van der Waals surface area (Å²) in [7, 11) is 0. The van der Waals surface area contributed by atoms with Crippen molar-refractivity contribution in [2.75, 3.05) is 5.01 Å². The minimum atomic E-state index is 0.0378. The van der Waals surface area contributed by atoms with Gasteiger partial charge in [-0.1, -0.05) is 72.8 Å². The summed E-state index contributed by atoms with van der Waals surface area (Å²) in [5.41, 5.74) is 5.19. The van der Waals surface area contributed by atoms with Gasteiger partial charge >= 0.3 is 0 Å². The lowest BCUT2D eigenvalue weighted by Crippen LogP contribution is -2.31. The second kappa shape index (κ2) is 6.73. The van der Waals surface area contributed by atoms with Gasteiger partial charge in [-0.25, -0.2) is 5.01 Å². The van der Waals surface area contributed by atoms with Gasteiger partial charge in [-0.3, -0.25) is 4.79 Å². The molecule has 3 aromatic rings. The summed E-state index contributed by atoms with van der Waals surface area (Å²) >= 11 is 0. The Hall–Kier alpha value is -3.20. The van der Waals surface area contributed by atoms with Gasteiger partial charge in [-0.2, -0.15) is 5.10 Å². The van der Waals surface area contributed by atoms with Gasteiger partial charge in [0.1, 0.15) is 0 Å². The maximum Gasteiger partial charge on any atom is 0.247 e. The average molecular weight is 326 g/mol. The first-order valence-corrected chi connectivity index (χ1v) is 8.42. The Bertz CT molecular complexity index is 900. The van der Waals surface area contributed by atoms with Crippen LogP contribution in [0.15, 0.2) is 90.0 Å². The topological polar surface area (TPSA) is 32.7 Å². The van der Waals surface area contributed by atoms with E-state index in [0.717, 1.165) is 17.0 Å². The first-order chi connectivity index (χ1) is 12.3. The molecule has 0 aliphatic carbocycles. The van der Waals surface area contributed by atoms with E-state index in [9.17, 15) is 4.79 Å². The molecule has 1 aliphatic heterocycles. The van der Waals surface area contributed by atoms with E-state index in [4.69, 9.17) is 0 Å². The zero-order valence-electron chi connectivity index (χ0n) is 13.8. The summed E-state index contributed by atoms with van der Waals surface area (Å²) in [6.45, 7) is 0. The fourth-order valence-corrected chi connectivity index (χ4v) is 3.02. The molecule has 1 heterocycles. The Balaban J connectivity index is 1.64. The van der Waals surface area contributed by atoms with Crippen molar-refractivity contribution >= 4 is 17.3 Å². The molecule has 0 unspecified atom stereocenters. The molecular weight excluding hydrogens is 308 g/mol. The van der Waals surface area contributed by atoms with Crippen LogP contribution in [0.4, 0.5) is 5.69 Å². The zero-order valence-corrected chi connectivity index (χ0v) is 13.8. The normalized spacial score (nSPS) is 14.3. The molecule has 0 aromatic heterocycles. The third kappa shape index (κ3) is 3.22. The minimum Gasteiger partial charge on any atom is -0.273 e. The van der Waals surface area contributed by atoms with E-state index in [1.807, 2.05) is 48.5 Å². The Labute approximate surface area is 147 Å². The minimum absolute atomic E-state index is 0.0378. The molecule has 4 rings (SSSR count). The van der Waals surface area contributed by atoms with E-state index in [2.05, 4.69) is 41.5 Å². The number of hydrazone groups is 1. The summed E-state index contributed by atoms with van der Waals surface area (Å²) in [4.78, 5) is 12.2. The molecule has 3 nitrogen and oxygen atoms in total. The Morgan fingerprint density at radius 2 is 1.20 bits per heavy atom. The molecule has 1 aliphatic rings. The number of anilines is 1. The van der Waals surface area contributed by atoms with Gasteiger partial charge in [0.25, 0.3) is 0 Å². The smallest absolute Gasteiger partial charge is 0.247 e. The maximum atomic E-state index is 12.2. The number of nitrogens with zero attached hydrogens (tertiary/aromatic N) is 2. The van der Waals surface area contributed by atoms with E-state index in [1.54, 1.807) is 0 Å². The van der Waals surface area contributed by atoms with Crippen LogP contribution in [0.25, 0.3) is 11.1 Å². The molecule has 3 heteroatoms. The number of rotatable bonds is 3. The molecule has 122 valence electrons. The van der Waals surface area contributed by atoms with Crippen LogP contribution in [-0.4, -0.2) is 11.6 Å². The van der Waals surface area contributed by atoms with E-state index in [1.165, 1.54) is 16.1 Å². The quantitative estimate of drug-likeness (QED) is 0.675. The van der Waals surface area contributed by atoms with E-state index in [0.29, 0.717) is 12.8 Å². The van der Waals surface area contributed by atoms with E-state index >= 15 is 0 Å². The van der Waals surface area contributed by atoms with Crippen molar-refractivity contribution in [3.8, 4) is 11.1 Å². The van der Waals surface area contributed by atoms with Crippen LogP contribution in [0.2, 0.25) is 0 Å². The lowest BCUT2D eigenvalue weighted by atomic mass is 9.99. The van der Waals surface area contributed by atoms with Gasteiger partial charge in [-0.05, 0) is 28.8 Å². The summed E-state index contributed by atoms with van der Waals surface area (Å²) in [6, 6.07) is 28.3. The number of carbonyl (C=O) groups is 1. The van der Waals surface area contributed by atoms with Crippen LogP contribution in [0, 0.1) is 0 Å². The van der Waals surface area contributed by atoms with Crippen molar-refractivity contribution < 1.29 is 4.79 Å². The Kier molecular flexibility index (Phi) is 4.13. The number of hydrogen-bond acceptors (Lipinski definition) is 2. The molecule has 0 N–H and O–H groups in total. The highest BCUT2D eigenvalue weighted by Gasteiger charge is 2.22. The highest BCUT2D eigenvalue weighted by atomic mass is 16.2. The van der Waals surface area contributed by atoms with Crippen molar-refractivity contribution in [1.29, 1.82) is 0 Å². The zero-order chi connectivity index (χ0) is 17.1. The molecule has 0 radical (unpaired) electrons. The van der Waals surface area contributed by atoms with Gasteiger partial charge in [0.15, 0.2) is 0 Å². The van der Waals surface area contributed by atoms with E-state index in [-0.39, 0.29) is 5.91 Å². The number of hydrogen-bond donors (Lipinski definition) is 0. The number of amides is 1. The van der Waals surface area contributed by atoms with Crippen molar-refractivity contribution in [2.24, 2.45) is 5.10 Å².